The van der Waals surface area contributed by atoms with Crippen molar-refractivity contribution >= 4 is 17.2 Å². The Hall–Kier alpha value is -1.69. The van der Waals surface area contributed by atoms with Crippen molar-refractivity contribution < 1.29 is 4.79 Å². The molecule has 0 saturated carbocycles. The van der Waals surface area contributed by atoms with Crippen molar-refractivity contribution in [2.75, 3.05) is 0 Å². The first kappa shape index (κ1) is 10.8. The van der Waals surface area contributed by atoms with E-state index in [2.05, 4.69) is 20.5 Å². The van der Waals surface area contributed by atoms with Gasteiger partial charge in [-0.25, -0.2) is 4.98 Å². The monoisotopic (exact) mass is 236 g/mol. The lowest BCUT2D eigenvalue weighted by molar-refractivity contribution is 0.0954. The number of rotatable bonds is 3. The van der Waals surface area contributed by atoms with E-state index in [1.807, 2.05) is 13.8 Å². The summed E-state index contributed by atoms with van der Waals surface area (Å²) in [5, 5.41) is 9.56. The zero-order valence-corrected chi connectivity index (χ0v) is 9.89. The largest absolute Gasteiger partial charge is 0.347 e. The average Bonchev–Trinajstić information content (AvgIpc) is 2.84. The van der Waals surface area contributed by atoms with Gasteiger partial charge in [-0.2, -0.15) is 5.10 Å². The molecule has 2 heterocycles. The van der Waals surface area contributed by atoms with Crippen LogP contribution < -0.4 is 5.32 Å². The van der Waals surface area contributed by atoms with Crippen LogP contribution in [0, 0.1) is 13.8 Å². The van der Waals surface area contributed by atoms with E-state index >= 15 is 0 Å². The summed E-state index contributed by atoms with van der Waals surface area (Å²) in [6, 6.07) is 0. The number of nitrogens with one attached hydrogen (secondary N) is 2. The van der Waals surface area contributed by atoms with Crippen molar-refractivity contribution in [1.29, 1.82) is 0 Å². The molecule has 2 aromatic rings. The summed E-state index contributed by atoms with van der Waals surface area (Å²) >= 11 is 1.35. The van der Waals surface area contributed by atoms with Gasteiger partial charge in [0.05, 0.1) is 17.4 Å². The minimum Gasteiger partial charge on any atom is -0.347 e. The normalized spacial score (nSPS) is 10.4. The third kappa shape index (κ3) is 2.11. The van der Waals surface area contributed by atoms with Crippen molar-refractivity contribution in [2.24, 2.45) is 0 Å². The van der Waals surface area contributed by atoms with Gasteiger partial charge in [0.15, 0.2) is 0 Å². The highest BCUT2D eigenvalue weighted by Crippen LogP contribution is 2.12. The highest BCUT2D eigenvalue weighted by molar-refractivity contribution is 7.11. The highest BCUT2D eigenvalue weighted by atomic mass is 32.1. The van der Waals surface area contributed by atoms with Crippen LogP contribution in [0.2, 0.25) is 0 Å². The molecule has 0 radical (unpaired) electrons. The highest BCUT2D eigenvalue weighted by Gasteiger charge is 2.11. The van der Waals surface area contributed by atoms with Crippen LogP contribution in [0.5, 0.6) is 0 Å². The Kier molecular flexibility index (Phi) is 3.00. The van der Waals surface area contributed by atoms with Crippen LogP contribution >= 0.6 is 11.3 Å². The Bertz CT molecular complexity index is 502. The van der Waals surface area contributed by atoms with Crippen molar-refractivity contribution in [3.8, 4) is 0 Å². The molecule has 0 atom stereocenters. The number of aromatic amines is 1. The first-order chi connectivity index (χ1) is 7.68. The number of H-pyrrole nitrogens is 1. The third-order valence-electron chi connectivity index (χ3n) is 2.33. The van der Waals surface area contributed by atoms with E-state index in [4.69, 9.17) is 0 Å². The summed E-state index contributed by atoms with van der Waals surface area (Å²) in [4.78, 5) is 16.5. The number of carbonyl (C=O) groups is 1. The quantitative estimate of drug-likeness (QED) is 0.846. The summed E-state index contributed by atoms with van der Waals surface area (Å²) in [5.41, 5.74) is 4.41. The van der Waals surface area contributed by atoms with Gasteiger partial charge < -0.3 is 5.32 Å². The van der Waals surface area contributed by atoms with Crippen LogP contribution in [0.1, 0.15) is 26.6 Å². The van der Waals surface area contributed by atoms with Crippen LogP contribution in [0.3, 0.4) is 0 Å². The summed E-state index contributed by atoms with van der Waals surface area (Å²) in [6.07, 6.45) is 1.72. The second-order valence-corrected chi connectivity index (χ2v) is 4.32. The topological polar surface area (TPSA) is 70.7 Å². The molecule has 0 saturated heterocycles. The molecule has 2 N–H and O–H groups in total. The molecule has 16 heavy (non-hydrogen) atoms. The number of aromatic nitrogens is 3. The standard InChI is InChI=1S/C10H12N4OS/c1-6-8(4-13-14-6)3-11-10(15)9-7(2)12-5-16-9/h4-5H,3H2,1-2H3,(H,11,15)(H,13,14). The Morgan fingerprint density at radius 2 is 2.38 bits per heavy atom. The number of nitrogens with zero attached hydrogens (tertiary/aromatic N) is 2. The van der Waals surface area contributed by atoms with Gasteiger partial charge in [-0.05, 0) is 13.8 Å². The number of hydrogen-bond donors (Lipinski definition) is 2. The molecule has 0 bridgehead atoms. The maximum atomic E-state index is 11.8. The molecule has 84 valence electrons. The van der Waals surface area contributed by atoms with E-state index < -0.39 is 0 Å². The van der Waals surface area contributed by atoms with Gasteiger partial charge >= 0.3 is 0 Å². The molecule has 0 aliphatic carbocycles. The molecule has 1 amide bonds. The third-order valence-corrected chi connectivity index (χ3v) is 3.25. The molecule has 0 unspecified atom stereocenters. The average molecular weight is 236 g/mol. The predicted octanol–water partition coefficient (Wildman–Crippen LogP) is 1.41. The molecule has 0 aliphatic heterocycles. The van der Waals surface area contributed by atoms with E-state index in [-0.39, 0.29) is 5.91 Å². The fourth-order valence-electron chi connectivity index (χ4n) is 1.33. The zero-order valence-electron chi connectivity index (χ0n) is 9.07. The van der Waals surface area contributed by atoms with E-state index in [0.29, 0.717) is 11.4 Å². The number of thiazole rings is 1. The first-order valence-electron chi connectivity index (χ1n) is 4.85. The molecule has 2 aromatic heterocycles. The number of carbonyl (C=O) groups excluding carboxylic acids is 1. The maximum Gasteiger partial charge on any atom is 0.263 e. The van der Waals surface area contributed by atoms with Gasteiger partial charge in [0.2, 0.25) is 0 Å². The lowest BCUT2D eigenvalue weighted by Gasteiger charge is -2.02. The van der Waals surface area contributed by atoms with Crippen molar-refractivity contribution in [3.05, 3.63) is 33.5 Å². The van der Waals surface area contributed by atoms with E-state index in [1.165, 1.54) is 11.3 Å². The lowest BCUT2D eigenvalue weighted by Crippen LogP contribution is -2.22. The number of hydrogen-bond acceptors (Lipinski definition) is 4. The van der Waals surface area contributed by atoms with E-state index in [9.17, 15) is 4.79 Å². The van der Waals surface area contributed by atoms with Crippen LogP contribution in [-0.4, -0.2) is 21.1 Å². The summed E-state index contributed by atoms with van der Waals surface area (Å²) in [5.74, 6) is -0.0828. The minimum absolute atomic E-state index is 0.0828. The maximum absolute atomic E-state index is 11.8. The molecule has 0 aromatic carbocycles. The van der Waals surface area contributed by atoms with Gasteiger partial charge in [-0.1, -0.05) is 0 Å². The van der Waals surface area contributed by atoms with E-state index in [0.717, 1.165) is 17.0 Å². The Balaban J connectivity index is 1.99. The van der Waals surface area contributed by atoms with Crippen LogP contribution in [0.4, 0.5) is 0 Å². The van der Waals surface area contributed by atoms with Gasteiger partial charge in [0, 0.05) is 17.8 Å². The Morgan fingerprint density at radius 3 is 2.94 bits per heavy atom. The molecule has 2 rings (SSSR count). The molecule has 5 nitrogen and oxygen atoms in total. The number of amides is 1. The summed E-state index contributed by atoms with van der Waals surface area (Å²) < 4.78 is 0. The Morgan fingerprint density at radius 1 is 1.56 bits per heavy atom. The summed E-state index contributed by atoms with van der Waals surface area (Å²) in [6.45, 7) is 4.24. The first-order valence-corrected chi connectivity index (χ1v) is 5.73. The van der Waals surface area contributed by atoms with Gasteiger partial charge in [0.1, 0.15) is 4.88 Å². The van der Waals surface area contributed by atoms with Crippen LogP contribution in [0.25, 0.3) is 0 Å². The van der Waals surface area contributed by atoms with Gasteiger partial charge in [0.25, 0.3) is 5.91 Å². The fraction of sp³-hybridized carbons (Fsp3) is 0.300. The number of aryl methyl sites for hydroxylation is 2. The minimum atomic E-state index is -0.0828. The fourth-order valence-corrected chi connectivity index (χ4v) is 2.05. The molecule has 0 fully saturated rings. The van der Waals surface area contributed by atoms with Gasteiger partial charge in [-0.15, -0.1) is 11.3 Å². The molecule has 6 heteroatoms. The molecular formula is C10H12N4OS. The second-order valence-electron chi connectivity index (χ2n) is 3.47. The van der Waals surface area contributed by atoms with Crippen molar-refractivity contribution in [3.63, 3.8) is 0 Å². The molecule has 0 aliphatic rings. The van der Waals surface area contributed by atoms with Crippen molar-refractivity contribution in [2.45, 2.75) is 20.4 Å². The molecular weight excluding hydrogens is 224 g/mol. The predicted molar refractivity (Wildman–Crippen MR) is 61.3 cm³/mol. The van der Waals surface area contributed by atoms with Gasteiger partial charge in [-0.3, -0.25) is 9.89 Å². The molecule has 0 spiro atoms. The SMILES string of the molecule is Cc1ncsc1C(=O)NCc1cn[nH]c1C. The van der Waals surface area contributed by atoms with E-state index in [1.54, 1.807) is 11.7 Å². The van der Waals surface area contributed by atoms with Crippen molar-refractivity contribution in [1.82, 2.24) is 20.5 Å². The van der Waals surface area contributed by atoms with Crippen LogP contribution in [0.15, 0.2) is 11.7 Å². The second kappa shape index (κ2) is 4.44. The summed E-state index contributed by atoms with van der Waals surface area (Å²) in [7, 11) is 0. The van der Waals surface area contributed by atoms with Crippen LogP contribution in [-0.2, 0) is 6.54 Å². The lowest BCUT2D eigenvalue weighted by atomic mass is 10.2. The zero-order chi connectivity index (χ0) is 11.5. The Labute approximate surface area is 96.9 Å². The smallest absolute Gasteiger partial charge is 0.263 e.